The average Bonchev–Trinajstić information content (AvgIpc) is 2.38. The van der Waals surface area contributed by atoms with E-state index in [1.54, 1.807) is 0 Å². The molecule has 1 unspecified atom stereocenters. The second-order valence-corrected chi connectivity index (χ2v) is 4.17. The van der Waals surface area contributed by atoms with Gasteiger partial charge in [-0.15, -0.1) is 4.72 Å². The normalized spacial score (nSPS) is 13.4. The highest BCUT2D eigenvalue weighted by Gasteiger charge is 2.08. The van der Waals surface area contributed by atoms with Crippen molar-refractivity contribution in [1.82, 2.24) is 4.72 Å². The first-order valence-electron chi connectivity index (χ1n) is 3.03. The molecule has 0 aliphatic rings. The van der Waals surface area contributed by atoms with Crippen LogP contribution in [-0.4, -0.2) is 11.1 Å². The van der Waals surface area contributed by atoms with Gasteiger partial charge in [0.05, 0.1) is 11.4 Å². The fourth-order valence-electron chi connectivity index (χ4n) is 0.571. The van der Waals surface area contributed by atoms with E-state index in [1.807, 2.05) is 24.4 Å². The Kier molecular flexibility index (Phi) is 3.21. The zero-order valence-electron chi connectivity index (χ0n) is 5.66. The summed E-state index contributed by atoms with van der Waals surface area (Å²) in [7, 11) is 0. The quantitative estimate of drug-likeness (QED) is 0.704. The van der Waals surface area contributed by atoms with Gasteiger partial charge in [0.1, 0.15) is 0 Å². The van der Waals surface area contributed by atoms with Gasteiger partial charge in [-0.05, 0) is 18.4 Å². The van der Waals surface area contributed by atoms with Crippen molar-refractivity contribution in [3.63, 3.8) is 0 Å². The molecule has 0 saturated carbocycles. The minimum Gasteiger partial charge on any atom is -0.592 e. The molecular weight excluding hydrogens is 166 g/mol. The van der Waals surface area contributed by atoms with E-state index in [9.17, 15) is 4.55 Å². The summed E-state index contributed by atoms with van der Waals surface area (Å²) in [6, 6.07) is 3.76. The molecule has 0 radical (unpaired) electrons. The Morgan fingerprint density at radius 1 is 1.80 bits per heavy atom. The van der Waals surface area contributed by atoms with E-state index in [2.05, 4.69) is 4.72 Å². The van der Waals surface area contributed by atoms with E-state index < -0.39 is 11.4 Å². The summed E-state index contributed by atoms with van der Waals surface area (Å²) in [5.74, 6) is 0. The van der Waals surface area contributed by atoms with Crippen molar-refractivity contribution in [2.24, 2.45) is 0 Å². The van der Waals surface area contributed by atoms with Crippen LogP contribution in [0.3, 0.4) is 0 Å². The summed E-state index contributed by atoms with van der Waals surface area (Å²) in [6.07, 6.45) is 0. The molecule has 1 atom stereocenters. The van der Waals surface area contributed by atoms with E-state index in [0.29, 0.717) is 0 Å². The van der Waals surface area contributed by atoms with Crippen molar-refractivity contribution in [2.75, 3.05) is 6.54 Å². The molecule has 0 aromatic carbocycles. The van der Waals surface area contributed by atoms with Gasteiger partial charge in [0.2, 0.25) is 4.21 Å². The van der Waals surface area contributed by atoms with Gasteiger partial charge < -0.3 is 4.55 Å². The maximum atomic E-state index is 11.1. The first-order valence-corrected chi connectivity index (χ1v) is 5.06. The van der Waals surface area contributed by atoms with Gasteiger partial charge in [-0.25, -0.2) is 0 Å². The molecule has 4 heteroatoms. The van der Waals surface area contributed by atoms with Crippen LogP contribution in [0.2, 0.25) is 0 Å². The summed E-state index contributed by atoms with van der Waals surface area (Å²) in [5, 5.41) is 1.92. The molecule has 0 bridgehead atoms. The highest BCUT2D eigenvalue weighted by Crippen LogP contribution is 2.14. The zero-order chi connectivity index (χ0) is 7.40. The van der Waals surface area contributed by atoms with Crippen molar-refractivity contribution in [3.05, 3.63) is 17.5 Å². The second kappa shape index (κ2) is 3.98. The van der Waals surface area contributed by atoms with Gasteiger partial charge in [-0.1, -0.05) is 11.3 Å². The molecule has 0 aliphatic heterocycles. The van der Waals surface area contributed by atoms with Gasteiger partial charge in [-0.3, -0.25) is 0 Å². The lowest BCUT2D eigenvalue weighted by Gasteiger charge is -2.04. The van der Waals surface area contributed by atoms with E-state index in [-0.39, 0.29) is 0 Å². The predicted molar refractivity (Wildman–Crippen MR) is 44.4 cm³/mol. The van der Waals surface area contributed by atoms with Gasteiger partial charge in [0.15, 0.2) is 0 Å². The van der Waals surface area contributed by atoms with Crippen LogP contribution in [-0.2, 0) is 11.4 Å². The summed E-state index contributed by atoms with van der Waals surface area (Å²) in [4.78, 5) is 0. The van der Waals surface area contributed by atoms with Gasteiger partial charge in [-0.2, -0.15) is 0 Å². The lowest BCUT2D eigenvalue weighted by molar-refractivity contribution is 0.585. The third kappa shape index (κ3) is 1.98. The summed E-state index contributed by atoms with van der Waals surface area (Å²) in [6.45, 7) is 2.68. The molecule has 1 heterocycles. The Bertz CT molecular complexity index is 176. The zero-order valence-corrected chi connectivity index (χ0v) is 7.30. The number of hydrogen-bond acceptors (Lipinski definition) is 3. The number of hydrogen-bond donors (Lipinski definition) is 1. The monoisotopic (exact) mass is 175 g/mol. The molecule has 0 fully saturated rings. The fourth-order valence-corrected chi connectivity index (χ4v) is 2.32. The molecule has 10 heavy (non-hydrogen) atoms. The molecule has 0 saturated heterocycles. The lowest BCUT2D eigenvalue weighted by Crippen LogP contribution is -2.22. The van der Waals surface area contributed by atoms with E-state index in [0.717, 1.165) is 10.8 Å². The van der Waals surface area contributed by atoms with Crippen LogP contribution in [0, 0.1) is 0 Å². The van der Waals surface area contributed by atoms with Gasteiger partial charge >= 0.3 is 0 Å². The Morgan fingerprint density at radius 2 is 2.60 bits per heavy atom. The van der Waals surface area contributed by atoms with Crippen LogP contribution in [0.25, 0.3) is 0 Å². The number of nitrogens with one attached hydrogen (secondary N) is 1. The van der Waals surface area contributed by atoms with Crippen LogP contribution in [0.5, 0.6) is 0 Å². The molecule has 1 N–H and O–H groups in total. The van der Waals surface area contributed by atoms with Crippen LogP contribution >= 0.6 is 11.3 Å². The SMILES string of the molecule is CCN[S+]([O-])c1cccs1. The highest BCUT2D eigenvalue weighted by molar-refractivity contribution is 7.91. The maximum absolute atomic E-state index is 11.1. The molecule has 0 spiro atoms. The predicted octanol–water partition coefficient (Wildman–Crippen LogP) is 1.38. The third-order valence-corrected chi connectivity index (χ3v) is 3.41. The first-order chi connectivity index (χ1) is 4.84. The highest BCUT2D eigenvalue weighted by atomic mass is 32.2. The summed E-state index contributed by atoms with van der Waals surface area (Å²) in [5.41, 5.74) is 0. The largest absolute Gasteiger partial charge is 0.592 e. The standard InChI is InChI=1S/C6H9NOS2/c1-2-7-10(8)6-4-3-5-9-6/h3-5,7H,2H2,1H3. The second-order valence-electron chi connectivity index (χ2n) is 1.70. The van der Waals surface area contributed by atoms with Crippen LogP contribution < -0.4 is 4.72 Å². The van der Waals surface area contributed by atoms with Gasteiger partial charge in [0, 0.05) is 12.6 Å². The molecule has 56 valence electrons. The fraction of sp³-hybridized carbons (Fsp3) is 0.333. The van der Waals surface area contributed by atoms with Crippen molar-refractivity contribution < 1.29 is 4.55 Å². The van der Waals surface area contributed by atoms with Crippen molar-refractivity contribution in [2.45, 2.75) is 11.1 Å². The molecule has 2 nitrogen and oxygen atoms in total. The Balaban J connectivity index is 2.50. The summed E-state index contributed by atoms with van der Waals surface area (Å²) < 4.78 is 14.8. The average molecular weight is 175 g/mol. The van der Waals surface area contributed by atoms with Crippen molar-refractivity contribution in [3.8, 4) is 0 Å². The third-order valence-electron chi connectivity index (χ3n) is 0.953. The van der Waals surface area contributed by atoms with E-state index in [1.165, 1.54) is 11.3 Å². The molecule has 1 rings (SSSR count). The molecule has 0 aliphatic carbocycles. The van der Waals surface area contributed by atoms with Crippen LogP contribution in [0.1, 0.15) is 6.92 Å². The first kappa shape index (κ1) is 8.07. The summed E-state index contributed by atoms with van der Waals surface area (Å²) >= 11 is 0.525. The minimum absolute atomic E-state index is 0.741. The topological polar surface area (TPSA) is 35.1 Å². The molecule has 0 amide bonds. The minimum atomic E-state index is -0.984. The van der Waals surface area contributed by atoms with Crippen LogP contribution in [0.15, 0.2) is 21.7 Å². The Labute approximate surface area is 67.6 Å². The van der Waals surface area contributed by atoms with Gasteiger partial charge in [0.25, 0.3) is 0 Å². The smallest absolute Gasteiger partial charge is 0.227 e. The molecule has 1 aromatic heterocycles. The number of rotatable bonds is 3. The molecular formula is C6H9NOS2. The van der Waals surface area contributed by atoms with Crippen molar-refractivity contribution in [1.29, 1.82) is 0 Å². The Hall–Kier alpha value is -0.0300. The van der Waals surface area contributed by atoms with Crippen LogP contribution in [0.4, 0.5) is 0 Å². The van der Waals surface area contributed by atoms with E-state index in [4.69, 9.17) is 0 Å². The molecule has 1 aromatic rings. The lowest BCUT2D eigenvalue weighted by atomic mass is 10.7. The number of thiophene rings is 1. The Morgan fingerprint density at radius 3 is 3.10 bits per heavy atom. The van der Waals surface area contributed by atoms with Crippen molar-refractivity contribution >= 4 is 22.7 Å². The van der Waals surface area contributed by atoms with E-state index >= 15 is 0 Å². The maximum Gasteiger partial charge on any atom is 0.227 e.